The number of aliphatic hydroxyl groups is 4. The van der Waals surface area contributed by atoms with Crippen molar-refractivity contribution in [2.45, 2.75) is 69.2 Å². The molecule has 11 nitrogen and oxygen atoms in total. The van der Waals surface area contributed by atoms with Crippen molar-refractivity contribution in [3.05, 3.63) is 51.3 Å². The van der Waals surface area contributed by atoms with Gasteiger partial charge in [0.05, 0.1) is 18.1 Å². The van der Waals surface area contributed by atoms with Gasteiger partial charge in [0.25, 0.3) is 5.91 Å². The second kappa shape index (κ2) is 7.87. The van der Waals surface area contributed by atoms with Crippen LogP contribution >= 0.6 is 0 Å². The van der Waals surface area contributed by atoms with Gasteiger partial charge in [0.2, 0.25) is 11.4 Å². The van der Waals surface area contributed by atoms with Crippen LogP contribution in [-0.4, -0.2) is 66.4 Å². The van der Waals surface area contributed by atoms with Gasteiger partial charge in [-0.25, -0.2) is 0 Å². The Balaban J connectivity index is 1.79. The van der Waals surface area contributed by atoms with Crippen LogP contribution in [0.2, 0.25) is 0 Å². The summed E-state index contributed by atoms with van der Waals surface area (Å²) in [6, 6.07) is 1.33. The summed E-state index contributed by atoms with van der Waals surface area (Å²) in [7, 11) is 1.44. The molecule has 2 aromatic rings. The van der Waals surface area contributed by atoms with Crippen molar-refractivity contribution in [2.24, 2.45) is 11.1 Å². The maximum absolute atomic E-state index is 14.1. The van der Waals surface area contributed by atoms with E-state index in [2.05, 4.69) is 19.9 Å². The Labute approximate surface area is 234 Å². The Kier molecular flexibility index (Phi) is 5.23. The molecule has 0 aliphatic heterocycles. The number of Topliss-reactive ketones (excluding diaryl/α,β-unsaturated/α-hetero) is 2. The van der Waals surface area contributed by atoms with Crippen molar-refractivity contribution in [1.29, 1.82) is 0 Å². The number of rotatable bonds is 2. The molecule has 0 saturated carbocycles. The summed E-state index contributed by atoms with van der Waals surface area (Å²) in [6.07, 6.45) is 0.488. The molecule has 1 amide bonds. The molecule has 0 aromatic heterocycles. The van der Waals surface area contributed by atoms with Gasteiger partial charge in [0.1, 0.15) is 34.5 Å². The SMILES string of the molecule is COc1cc(O)c2c(O)c3c(c4c2c1[C@]1(C4)C(C)=CCCC1(C)C)[C@H](O)[C@]1(O)CC(=O)C(C(N)=O)=C(O)[C@]1(O)C3=O. The van der Waals surface area contributed by atoms with Crippen molar-refractivity contribution >= 4 is 28.2 Å². The lowest BCUT2D eigenvalue weighted by Gasteiger charge is -2.51. The molecule has 0 heterocycles. The van der Waals surface area contributed by atoms with Crippen LogP contribution in [0.4, 0.5) is 0 Å². The Hall–Kier alpha value is -3.93. The minimum absolute atomic E-state index is 0.138. The summed E-state index contributed by atoms with van der Waals surface area (Å²) in [5.41, 5.74) is -2.49. The summed E-state index contributed by atoms with van der Waals surface area (Å²) in [6.45, 7) is 6.10. The topological polar surface area (TPSA) is 208 Å². The van der Waals surface area contributed by atoms with E-state index < -0.39 is 80.4 Å². The first-order valence-corrected chi connectivity index (χ1v) is 13.3. The highest BCUT2D eigenvalue weighted by atomic mass is 16.5. The number of allylic oxidation sites excluding steroid dienone is 2. The maximum Gasteiger partial charge on any atom is 0.255 e. The van der Waals surface area contributed by atoms with Gasteiger partial charge in [-0.1, -0.05) is 25.5 Å². The Morgan fingerprint density at radius 3 is 2.34 bits per heavy atom. The monoisotopic (exact) mass is 565 g/mol. The molecule has 0 bridgehead atoms. The minimum Gasteiger partial charge on any atom is -0.508 e. The lowest BCUT2D eigenvalue weighted by atomic mass is 9.54. The number of ether oxygens (including phenoxy) is 1. The molecular weight excluding hydrogens is 534 g/mol. The van der Waals surface area contributed by atoms with Crippen LogP contribution < -0.4 is 10.5 Å². The molecule has 4 aliphatic rings. The number of primary amides is 1. The zero-order chi connectivity index (χ0) is 30.2. The lowest BCUT2D eigenvalue weighted by molar-refractivity contribution is -0.193. The fourth-order valence-corrected chi connectivity index (χ4v) is 8.11. The van der Waals surface area contributed by atoms with E-state index in [1.165, 1.54) is 13.2 Å². The molecule has 8 N–H and O–H groups in total. The molecule has 4 atom stereocenters. The smallest absolute Gasteiger partial charge is 0.255 e. The van der Waals surface area contributed by atoms with E-state index >= 15 is 0 Å². The first-order chi connectivity index (χ1) is 19.0. The Morgan fingerprint density at radius 1 is 1.10 bits per heavy atom. The van der Waals surface area contributed by atoms with Crippen molar-refractivity contribution in [2.75, 3.05) is 7.11 Å². The van der Waals surface area contributed by atoms with Crippen molar-refractivity contribution in [3.8, 4) is 17.2 Å². The zero-order valence-corrected chi connectivity index (χ0v) is 23.0. The summed E-state index contributed by atoms with van der Waals surface area (Å²) in [5, 5.41) is 68.9. The van der Waals surface area contributed by atoms with E-state index in [0.29, 0.717) is 22.3 Å². The number of nitrogens with two attached hydrogens (primary N) is 1. The number of amides is 1. The second-order valence-electron chi connectivity index (χ2n) is 12.3. The average molecular weight is 566 g/mol. The molecule has 2 aromatic carbocycles. The summed E-state index contributed by atoms with van der Waals surface area (Å²) < 4.78 is 5.73. The molecule has 216 valence electrons. The molecule has 11 heteroatoms. The largest absolute Gasteiger partial charge is 0.508 e. The van der Waals surface area contributed by atoms with Gasteiger partial charge in [-0.2, -0.15) is 0 Å². The van der Waals surface area contributed by atoms with E-state index in [9.17, 15) is 45.0 Å². The molecule has 0 fully saturated rings. The van der Waals surface area contributed by atoms with Gasteiger partial charge in [0, 0.05) is 34.4 Å². The maximum atomic E-state index is 14.1. The molecule has 6 rings (SSSR count). The number of phenols is 2. The Morgan fingerprint density at radius 2 is 1.76 bits per heavy atom. The molecule has 4 aliphatic carbocycles. The number of hydrogen-bond acceptors (Lipinski definition) is 10. The third-order valence-corrected chi connectivity index (χ3v) is 10.2. The van der Waals surface area contributed by atoms with Crippen LogP contribution in [0.25, 0.3) is 10.8 Å². The van der Waals surface area contributed by atoms with E-state index in [1.54, 1.807) is 0 Å². The molecule has 0 unspecified atom stereocenters. The number of carbonyl (C=O) groups is 3. The van der Waals surface area contributed by atoms with Crippen LogP contribution in [0, 0.1) is 5.41 Å². The van der Waals surface area contributed by atoms with Crippen LogP contribution in [0.3, 0.4) is 0 Å². The second-order valence-corrected chi connectivity index (χ2v) is 12.3. The fourth-order valence-electron chi connectivity index (χ4n) is 8.11. The summed E-state index contributed by atoms with van der Waals surface area (Å²) in [4.78, 5) is 38.9. The molecule has 0 radical (unpaired) electrons. The van der Waals surface area contributed by atoms with Gasteiger partial charge in [-0.3, -0.25) is 14.4 Å². The normalized spacial score (nSPS) is 31.8. The van der Waals surface area contributed by atoms with E-state index in [0.717, 1.165) is 18.4 Å². The molecular formula is C30H31NO10. The number of carbonyl (C=O) groups excluding carboxylic acids is 3. The quantitative estimate of drug-likeness (QED) is 0.207. The van der Waals surface area contributed by atoms with Crippen molar-refractivity contribution < 1.29 is 49.8 Å². The number of aliphatic hydroxyl groups excluding tert-OH is 2. The lowest BCUT2D eigenvalue weighted by Crippen LogP contribution is -2.69. The number of benzene rings is 2. The van der Waals surface area contributed by atoms with Crippen molar-refractivity contribution in [1.82, 2.24) is 0 Å². The third-order valence-electron chi connectivity index (χ3n) is 10.2. The number of fused-ring (bicyclic) bond motifs is 4. The Bertz CT molecular complexity index is 1720. The predicted molar refractivity (Wildman–Crippen MR) is 144 cm³/mol. The van der Waals surface area contributed by atoms with Crippen LogP contribution in [0.5, 0.6) is 17.2 Å². The number of aromatic hydroxyl groups is 2. The molecule has 41 heavy (non-hydrogen) atoms. The predicted octanol–water partition coefficient (Wildman–Crippen LogP) is 1.78. The zero-order valence-electron chi connectivity index (χ0n) is 23.0. The number of phenolic OH excluding ortho intramolecular Hbond substituents is 2. The number of hydrogen-bond donors (Lipinski definition) is 7. The fraction of sp³-hybridized carbons (Fsp3) is 0.433. The number of ketones is 2. The average Bonchev–Trinajstić information content (AvgIpc) is 3.24. The van der Waals surface area contributed by atoms with E-state index in [4.69, 9.17) is 10.5 Å². The van der Waals surface area contributed by atoms with E-state index in [-0.39, 0.29) is 17.4 Å². The number of methoxy groups -OCH3 is 1. The highest BCUT2D eigenvalue weighted by Gasteiger charge is 2.71. The van der Waals surface area contributed by atoms with Gasteiger partial charge in [-0.05, 0) is 37.2 Å². The first-order valence-electron chi connectivity index (χ1n) is 13.3. The van der Waals surface area contributed by atoms with Gasteiger partial charge < -0.3 is 41.1 Å². The highest BCUT2D eigenvalue weighted by Crippen LogP contribution is 2.66. The first kappa shape index (κ1) is 27.3. The summed E-state index contributed by atoms with van der Waals surface area (Å²) >= 11 is 0. The minimum atomic E-state index is -3.41. The highest BCUT2D eigenvalue weighted by molar-refractivity contribution is 6.24. The van der Waals surface area contributed by atoms with Crippen LogP contribution in [-0.2, 0) is 21.4 Å². The molecule has 0 saturated heterocycles. The van der Waals surface area contributed by atoms with Gasteiger partial charge in [0.15, 0.2) is 11.5 Å². The van der Waals surface area contributed by atoms with Gasteiger partial charge >= 0.3 is 0 Å². The molecule has 1 spiro atoms. The van der Waals surface area contributed by atoms with Crippen molar-refractivity contribution in [3.63, 3.8) is 0 Å². The van der Waals surface area contributed by atoms with Crippen LogP contribution in [0.1, 0.15) is 73.2 Å². The van der Waals surface area contributed by atoms with Gasteiger partial charge in [-0.15, -0.1) is 0 Å². The standard InChI is InChI=1S/C30H31NO10/c1-11-6-5-7-27(2,3)28(11)9-12-16-18(13(32)8-15(41-4)21(16)28)22(34)20-17(12)23(35)29(39)10-14(33)19(26(31)38)24(36)30(29,40)25(20)37/h6,8,23,32,34-36,39-40H,5,7,9-10H2,1-4H3,(H2,31,38)/t23-,28-,29+,30-/m0/s1. The summed E-state index contributed by atoms with van der Waals surface area (Å²) in [5.74, 6) is -6.54. The van der Waals surface area contributed by atoms with E-state index in [1.807, 2.05) is 6.92 Å². The third kappa shape index (κ3) is 2.76. The van der Waals surface area contributed by atoms with Crippen LogP contribution in [0.15, 0.2) is 29.0 Å².